The first-order valence-electron chi connectivity index (χ1n) is 5.33. The van der Waals surface area contributed by atoms with Gasteiger partial charge in [0.1, 0.15) is 5.75 Å². The lowest BCUT2D eigenvalue weighted by Gasteiger charge is -2.24. The number of benzene rings is 1. The molecule has 2 nitrogen and oxygen atoms in total. The molecular formula is C13H21NO. The summed E-state index contributed by atoms with van der Waals surface area (Å²) in [4.78, 5) is 0. The van der Waals surface area contributed by atoms with Gasteiger partial charge in [-0.05, 0) is 30.4 Å². The molecule has 0 bridgehead atoms. The molecule has 84 valence electrons. The van der Waals surface area contributed by atoms with Crippen molar-refractivity contribution >= 4 is 0 Å². The zero-order valence-corrected chi connectivity index (χ0v) is 10.3. The van der Waals surface area contributed by atoms with Crippen molar-refractivity contribution in [2.45, 2.75) is 46.1 Å². The molecule has 0 aromatic heterocycles. The minimum absolute atomic E-state index is 0.0541. The highest BCUT2D eigenvalue weighted by Gasteiger charge is 2.22. The SMILES string of the molecule is Cc1ccc(C(C)(C)C)c(O)c1C(C)N. The molecule has 2 heteroatoms. The molecule has 1 atom stereocenters. The van der Waals surface area contributed by atoms with Gasteiger partial charge in [0.05, 0.1) is 0 Å². The van der Waals surface area contributed by atoms with E-state index in [9.17, 15) is 5.11 Å². The average Bonchev–Trinajstić information content (AvgIpc) is 2.00. The second-order valence-electron chi connectivity index (χ2n) is 5.23. The Morgan fingerprint density at radius 3 is 2.20 bits per heavy atom. The molecule has 0 heterocycles. The number of hydrogen-bond acceptors (Lipinski definition) is 2. The highest BCUT2D eigenvalue weighted by atomic mass is 16.3. The van der Waals surface area contributed by atoms with Crippen LogP contribution in [0, 0.1) is 6.92 Å². The summed E-state index contributed by atoms with van der Waals surface area (Å²) in [6, 6.07) is 3.88. The molecule has 3 N–H and O–H groups in total. The third-order valence-electron chi connectivity index (χ3n) is 2.70. The van der Waals surface area contributed by atoms with Crippen molar-refractivity contribution in [1.82, 2.24) is 0 Å². The van der Waals surface area contributed by atoms with Crippen molar-refractivity contribution in [3.05, 3.63) is 28.8 Å². The fourth-order valence-corrected chi connectivity index (χ4v) is 1.89. The number of aryl methyl sites for hydroxylation is 1. The van der Waals surface area contributed by atoms with Gasteiger partial charge in [-0.3, -0.25) is 0 Å². The van der Waals surface area contributed by atoms with Crippen molar-refractivity contribution in [2.75, 3.05) is 0 Å². The quantitative estimate of drug-likeness (QED) is 0.743. The topological polar surface area (TPSA) is 46.2 Å². The first-order valence-corrected chi connectivity index (χ1v) is 5.33. The van der Waals surface area contributed by atoms with Crippen LogP contribution in [-0.4, -0.2) is 5.11 Å². The molecule has 0 amide bonds. The minimum Gasteiger partial charge on any atom is -0.507 e. The van der Waals surface area contributed by atoms with Crippen molar-refractivity contribution in [3.8, 4) is 5.75 Å². The number of phenols is 1. The van der Waals surface area contributed by atoms with E-state index in [4.69, 9.17) is 5.73 Å². The summed E-state index contributed by atoms with van der Waals surface area (Å²) < 4.78 is 0. The summed E-state index contributed by atoms with van der Waals surface area (Å²) in [5, 5.41) is 10.2. The molecule has 0 saturated carbocycles. The summed E-state index contributed by atoms with van der Waals surface area (Å²) in [6.45, 7) is 10.1. The fraction of sp³-hybridized carbons (Fsp3) is 0.538. The van der Waals surface area contributed by atoms with Crippen LogP contribution in [0.15, 0.2) is 12.1 Å². The average molecular weight is 207 g/mol. The van der Waals surface area contributed by atoms with E-state index in [1.54, 1.807) is 0 Å². The van der Waals surface area contributed by atoms with Gasteiger partial charge < -0.3 is 10.8 Å². The Hall–Kier alpha value is -1.02. The van der Waals surface area contributed by atoms with Gasteiger partial charge in [0.25, 0.3) is 0 Å². The maximum Gasteiger partial charge on any atom is 0.124 e. The predicted octanol–water partition coefficient (Wildman–Crippen LogP) is 3.02. The second-order valence-corrected chi connectivity index (χ2v) is 5.23. The summed E-state index contributed by atoms with van der Waals surface area (Å²) in [6.07, 6.45) is 0. The molecule has 1 rings (SSSR count). The van der Waals surface area contributed by atoms with Crippen molar-refractivity contribution in [2.24, 2.45) is 5.73 Å². The van der Waals surface area contributed by atoms with E-state index in [1.165, 1.54) is 0 Å². The van der Waals surface area contributed by atoms with Gasteiger partial charge in [-0.1, -0.05) is 32.9 Å². The van der Waals surface area contributed by atoms with Crippen LogP contribution in [0.3, 0.4) is 0 Å². The summed E-state index contributed by atoms with van der Waals surface area (Å²) in [7, 11) is 0. The van der Waals surface area contributed by atoms with Crippen molar-refractivity contribution in [3.63, 3.8) is 0 Å². The Labute approximate surface area is 92.1 Å². The van der Waals surface area contributed by atoms with Crippen LogP contribution >= 0.6 is 0 Å². The third-order valence-corrected chi connectivity index (χ3v) is 2.70. The van der Waals surface area contributed by atoms with Crippen LogP contribution in [0.1, 0.15) is 50.4 Å². The van der Waals surface area contributed by atoms with Crippen molar-refractivity contribution < 1.29 is 5.11 Å². The molecule has 0 aliphatic carbocycles. The third kappa shape index (κ3) is 2.32. The van der Waals surface area contributed by atoms with E-state index in [0.717, 1.165) is 16.7 Å². The van der Waals surface area contributed by atoms with Crippen LogP contribution < -0.4 is 5.73 Å². The largest absolute Gasteiger partial charge is 0.507 e. The fourth-order valence-electron chi connectivity index (χ4n) is 1.89. The van der Waals surface area contributed by atoms with E-state index >= 15 is 0 Å². The molecule has 15 heavy (non-hydrogen) atoms. The molecule has 0 saturated heterocycles. The van der Waals surface area contributed by atoms with E-state index in [-0.39, 0.29) is 11.5 Å². The van der Waals surface area contributed by atoms with Gasteiger partial charge in [0.15, 0.2) is 0 Å². The number of hydrogen-bond donors (Lipinski definition) is 2. The van der Waals surface area contributed by atoms with Crippen LogP contribution in [-0.2, 0) is 5.41 Å². The van der Waals surface area contributed by atoms with Gasteiger partial charge in [-0.25, -0.2) is 0 Å². The smallest absolute Gasteiger partial charge is 0.124 e. The molecule has 0 aliphatic heterocycles. The lowest BCUT2D eigenvalue weighted by Crippen LogP contribution is -2.15. The highest BCUT2D eigenvalue weighted by Crippen LogP contribution is 2.36. The maximum absolute atomic E-state index is 10.2. The Kier molecular flexibility index (Phi) is 3.10. The highest BCUT2D eigenvalue weighted by molar-refractivity contribution is 5.49. The predicted molar refractivity (Wildman–Crippen MR) is 64.1 cm³/mol. The van der Waals surface area contributed by atoms with E-state index in [1.807, 2.05) is 26.0 Å². The molecular weight excluding hydrogens is 186 g/mol. The van der Waals surface area contributed by atoms with Gasteiger partial charge in [-0.15, -0.1) is 0 Å². The monoisotopic (exact) mass is 207 g/mol. The molecule has 1 aromatic carbocycles. The number of rotatable bonds is 1. The Bertz CT molecular complexity index is 362. The number of nitrogens with two attached hydrogens (primary N) is 1. The first-order chi connectivity index (χ1) is 6.75. The molecule has 0 aliphatic rings. The van der Waals surface area contributed by atoms with Crippen LogP contribution in [0.25, 0.3) is 0 Å². The Morgan fingerprint density at radius 1 is 1.27 bits per heavy atom. The Morgan fingerprint density at radius 2 is 1.80 bits per heavy atom. The number of phenolic OH excluding ortho intramolecular Hbond substituents is 1. The lowest BCUT2D eigenvalue weighted by atomic mass is 9.83. The Balaban J connectivity index is 3.42. The summed E-state index contributed by atoms with van der Waals surface area (Å²) in [5.74, 6) is 0.359. The molecule has 0 fully saturated rings. The number of aromatic hydroxyl groups is 1. The van der Waals surface area contributed by atoms with Crippen LogP contribution in [0.4, 0.5) is 0 Å². The van der Waals surface area contributed by atoms with Crippen LogP contribution in [0.2, 0.25) is 0 Å². The lowest BCUT2D eigenvalue weighted by molar-refractivity contribution is 0.436. The molecule has 0 radical (unpaired) electrons. The van der Waals surface area contributed by atoms with Gasteiger partial charge in [0, 0.05) is 11.6 Å². The van der Waals surface area contributed by atoms with Gasteiger partial charge >= 0.3 is 0 Å². The standard InChI is InChI=1S/C13H21NO/c1-8-6-7-10(13(3,4)5)12(15)11(8)9(2)14/h6-7,9,15H,14H2,1-5H3. The van der Waals surface area contributed by atoms with E-state index < -0.39 is 0 Å². The van der Waals surface area contributed by atoms with E-state index in [2.05, 4.69) is 20.8 Å². The van der Waals surface area contributed by atoms with Gasteiger partial charge in [0.2, 0.25) is 0 Å². The summed E-state index contributed by atoms with van der Waals surface area (Å²) >= 11 is 0. The van der Waals surface area contributed by atoms with Gasteiger partial charge in [-0.2, -0.15) is 0 Å². The summed E-state index contributed by atoms with van der Waals surface area (Å²) in [5.41, 5.74) is 8.69. The second kappa shape index (κ2) is 3.86. The maximum atomic E-state index is 10.2. The van der Waals surface area contributed by atoms with E-state index in [0.29, 0.717) is 5.75 Å². The molecule has 1 aromatic rings. The molecule has 1 unspecified atom stereocenters. The first kappa shape index (κ1) is 12.1. The zero-order valence-electron chi connectivity index (χ0n) is 10.3. The van der Waals surface area contributed by atoms with Crippen molar-refractivity contribution in [1.29, 1.82) is 0 Å². The molecule has 0 spiro atoms. The zero-order chi connectivity index (χ0) is 11.8. The van der Waals surface area contributed by atoms with Crippen LogP contribution in [0.5, 0.6) is 5.75 Å². The normalized spacial score (nSPS) is 14.0. The minimum atomic E-state index is -0.132.